The van der Waals surface area contributed by atoms with Crippen LogP contribution in [0.4, 0.5) is 0 Å². The van der Waals surface area contributed by atoms with Crippen molar-refractivity contribution in [1.29, 1.82) is 0 Å². The summed E-state index contributed by atoms with van der Waals surface area (Å²) in [6, 6.07) is 9.76. The summed E-state index contributed by atoms with van der Waals surface area (Å²) in [6.07, 6.45) is 0. The molecule has 128 valence electrons. The van der Waals surface area contributed by atoms with Crippen LogP contribution in [-0.4, -0.2) is 64.1 Å². The van der Waals surface area contributed by atoms with E-state index in [-0.39, 0.29) is 11.9 Å². The highest BCUT2D eigenvalue weighted by molar-refractivity contribution is 7.99. The Bertz CT molecular complexity index is 495. The number of amides is 1. The minimum absolute atomic E-state index is 0.0905. The molecule has 4 nitrogen and oxygen atoms in total. The molecule has 1 N–H and O–H groups in total. The molecule has 1 fully saturated rings. The number of likely N-dealkylation sites (N-methyl/N-ethyl adjacent to an activating group) is 1. The highest BCUT2D eigenvalue weighted by Gasteiger charge is 2.33. The molecule has 2 rings (SSSR count). The summed E-state index contributed by atoms with van der Waals surface area (Å²) in [4.78, 5) is 17.3. The number of rotatable bonds is 6. The van der Waals surface area contributed by atoms with E-state index in [0.29, 0.717) is 13.1 Å². The number of carbonyl (C=O) groups is 1. The van der Waals surface area contributed by atoms with Gasteiger partial charge in [-0.05, 0) is 26.3 Å². The first kappa shape index (κ1) is 18.3. The fourth-order valence-corrected chi connectivity index (χ4v) is 3.90. The summed E-state index contributed by atoms with van der Waals surface area (Å²) in [5, 5.41) is 10.1. The van der Waals surface area contributed by atoms with Crippen molar-refractivity contribution in [2.24, 2.45) is 0 Å². The molecule has 1 atom stereocenters. The minimum atomic E-state index is -0.884. The number of nitrogens with zero attached hydrogens (tertiary/aromatic N) is 2. The predicted molar refractivity (Wildman–Crippen MR) is 96.6 cm³/mol. The molecular formula is C18H28N2O2S. The van der Waals surface area contributed by atoms with Crippen molar-refractivity contribution in [3.8, 4) is 0 Å². The first-order valence-electron chi connectivity index (χ1n) is 8.30. The van der Waals surface area contributed by atoms with Crippen LogP contribution in [0.25, 0.3) is 0 Å². The van der Waals surface area contributed by atoms with Gasteiger partial charge >= 0.3 is 0 Å². The molecule has 0 saturated carbocycles. The zero-order valence-electron chi connectivity index (χ0n) is 14.4. The maximum Gasteiger partial charge on any atom is 0.244 e. The summed E-state index contributed by atoms with van der Waals surface area (Å²) in [6.45, 7) is 8.28. The normalized spacial score (nSPS) is 17.7. The highest BCUT2D eigenvalue weighted by Crippen LogP contribution is 2.26. The van der Waals surface area contributed by atoms with E-state index in [4.69, 9.17) is 0 Å². The Morgan fingerprint density at radius 1 is 1.30 bits per heavy atom. The van der Waals surface area contributed by atoms with E-state index in [1.165, 1.54) is 0 Å². The van der Waals surface area contributed by atoms with Crippen molar-refractivity contribution in [1.82, 2.24) is 9.80 Å². The molecule has 1 aromatic carbocycles. The zero-order chi connectivity index (χ0) is 16.9. The van der Waals surface area contributed by atoms with Crippen LogP contribution in [0.3, 0.4) is 0 Å². The topological polar surface area (TPSA) is 43.8 Å². The van der Waals surface area contributed by atoms with Gasteiger partial charge in [0.15, 0.2) is 0 Å². The fraction of sp³-hybridized carbons (Fsp3) is 0.611. The average molecular weight is 337 g/mol. The number of hydrogen-bond donors (Lipinski definition) is 1. The van der Waals surface area contributed by atoms with Crippen LogP contribution in [0.1, 0.15) is 32.4 Å². The minimum Gasteiger partial charge on any atom is -0.389 e. The van der Waals surface area contributed by atoms with Crippen LogP contribution in [0.2, 0.25) is 0 Å². The first-order valence-corrected chi connectivity index (χ1v) is 9.46. The Morgan fingerprint density at radius 2 is 1.91 bits per heavy atom. The van der Waals surface area contributed by atoms with Crippen molar-refractivity contribution in [2.75, 3.05) is 37.7 Å². The van der Waals surface area contributed by atoms with Crippen molar-refractivity contribution in [2.45, 2.75) is 32.4 Å². The Hall–Kier alpha value is -1.04. The van der Waals surface area contributed by atoms with Crippen LogP contribution in [0.5, 0.6) is 0 Å². The van der Waals surface area contributed by atoms with Crippen LogP contribution >= 0.6 is 11.8 Å². The van der Waals surface area contributed by atoms with Gasteiger partial charge in [-0.1, -0.05) is 30.3 Å². The molecule has 23 heavy (non-hydrogen) atoms. The van der Waals surface area contributed by atoms with Gasteiger partial charge in [-0.3, -0.25) is 9.69 Å². The van der Waals surface area contributed by atoms with E-state index in [0.717, 1.165) is 30.2 Å². The lowest BCUT2D eigenvalue weighted by Crippen LogP contribution is -2.49. The third kappa shape index (κ3) is 5.23. The van der Waals surface area contributed by atoms with Gasteiger partial charge in [0.25, 0.3) is 0 Å². The van der Waals surface area contributed by atoms with Gasteiger partial charge in [0.05, 0.1) is 5.60 Å². The largest absolute Gasteiger partial charge is 0.389 e. The number of aliphatic hydroxyl groups is 1. The second-order valence-electron chi connectivity index (χ2n) is 6.63. The summed E-state index contributed by atoms with van der Waals surface area (Å²) >= 11 is 1.94. The van der Waals surface area contributed by atoms with E-state index in [1.54, 1.807) is 18.7 Å². The Morgan fingerprint density at radius 3 is 2.43 bits per heavy atom. The van der Waals surface area contributed by atoms with Crippen molar-refractivity contribution >= 4 is 17.7 Å². The maximum atomic E-state index is 13.2. The number of benzene rings is 1. The Labute approximate surface area is 143 Å². The molecule has 1 aliphatic rings. The lowest BCUT2D eigenvalue weighted by atomic mass is 10.0. The second-order valence-corrected chi connectivity index (χ2v) is 7.85. The molecule has 0 spiro atoms. The van der Waals surface area contributed by atoms with Gasteiger partial charge < -0.3 is 10.0 Å². The van der Waals surface area contributed by atoms with Gasteiger partial charge in [0.1, 0.15) is 6.04 Å². The van der Waals surface area contributed by atoms with Crippen LogP contribution in [-0.2, 0) is 4.79 Å². The second kappa shape index (κ2) is 8.18. The van der Waals surface area contributed by atoms with Crippen molar-refractivity contribution < 1.29 is 9.90 Å². The third-order valence-electron chi connectivity index (χ3n) is 4.03. The number of thioether (sulfide) groups is 1. The Kier molecular flexibility index (Phi) is 6.50. The first-order chi connectivity index (χ1) is 10.9. The monoisotopic (exact) mass is 336 g/mol. The maximum absolute atomic E-state index is 13.2. The molecule has 1 saturated heterocycles. The number of hydrogen-bond acceptors (Lipinski definition) is 4. The van der Waals surface area contributed by atoms with Gasteiger partial charge in [-0.25, -0.2) is 0 Å². The van der Waals surface area contributed by atoms with Gasteiger partial charge in [-0.2, -0.15) is 11.8 Å². The highest BCUT2D eigenvalue weighted by atomic mass is 32.2. The molecule has 0 bridgehead atoms. The molecule has 1 unspecified atom stereocenters. The van der Waals surface area contributed by atoms with Crippen LogP contribution in [0, 0.1) is 0 Å². The number of carbonyl (C=O) groups excluding carboxylic acids is 1. The molecule has 5 heteroatoms. The summed E-state index contributed by atoms with van der Waals surface area (Å²) in [7, 11) is 0. The molecule has 0 aromatic heterocycles. The van der Waals surface area contributed by atoms with Crippen molar-refractivity contribution in [3.05, 3.63) is 35.9 Å². The molecule has 1 heterocycles. The van der Waals surface area contributed by atoms with Gasteiger partial charge in [0, 0.05) is 37.7 Å². The molecule has 1 aliphatic heterocycles. The van der Waals surface area contributed by atoms with E-state index >= 15 is 0 Å². The SMILES string of the molecule is CCN(CC(C)(C)O)C(=O)C(c1ccccc1)N1CCSCC1. The molecular weight excluding hydrogens is 308 g/mol. The smallest absolute Gasteiger partial charge is 0.244 e. The summed E-state index contributed by atoms with van der Waals surface area (Å²) in [5.74, 6) is 2.22. The standard InChI is InChI=1S/C18H28N2O2S/c1-4-19(14-18(2,3)22)17(21)16(15-8-6-5-7-9-15)20-10-12-23-13-11-20/h5-9,16,22H,4,10-14H2,1-3H3. The molecule has 0 aliphatic carbocycles. The zero-order valence-corrected chi connectivity index (χ0v) is 15.2. The van der Waals surface area contributed by atoms with E-state index in [9.17, 15) is 9.90 Å². The van der Waals surface area contributed by atoms with E-state index < -0.39 is 5.60 Å². The van der Waals surface area contributed by atoms with Crippen LogP contribution in [0.15, 0.2) is 30.3 Å². The van der Waals surface area contributed by atoms with E-state index in [1.807, 2.05) is 49.0 Å². The lowest BCUT2D eigenvalue weighted by Gasteiger charge is -2.38. The molecule has 1 aromatic rings. The summed E-state index contributed by atoms with van der Waals surface area (Å²) in [5.41, 5.74) is 0.156. The Balaban J connectivity index is 2.26. The van der Waals surface area contributed by atoms with Crippen molar-refractivity contribution in [3.63, 3.8) is 0 Å². The van der Waals surface area contributed by atoms with Gasteiger partial charge in [0.2, 0.25) is 5.91 Å². The molecule has 1 amide bonds. The van der Waals surface area contributed by atoms with E-state index in [2.05, 4.69) is 4.90 Å². The quantitative estimate of drug-likeness (QED) is 0.866. The van der Waals surface area contributed by atoms with Crippen LogP contribution < -0.4 is 0 Å². The molecule has 0 radical (unpaired) electrons. The fourth-order valence-electron chi connectivity index (χ4n) is 2.97. The van der Waals surface area contributed by atoms with Gasteiger partial charge in [-0.15, -0.1) is 0 Å². The third-order valence-corrected chi connectivity index (χ3v) is 4.97. The predicted octanol–water partition coefficient (Wildman–Crippen LogP) is 2.40. The summed E-state index contributed by atoms with van der Waals surface area (Å²) < 4.78 is 0. The lowest BCUT2D eigenvalue weighted by molar-refractivity contribution is -0.140. The average Bonchev–Trinajstić information content (AvgIpc) is 2.54.